The van der Waals surface area contributed by atoms with Crippen LogP contribution < -0.4 is 21.5 Å². The molecule has 0 saturated heterocycles. The molecule has 2 amide bonds. The van der Waals surface area contributed by atoms with Crippen molar-refractivity contribution in [2.24, 2.45) is 0 Å². The lowest BCUT2D eigenvalue weighted by Gasteiger charge is -2.14. The van der Waals surface area contributed by atoms with Crippen LogP contribution in [0.3, 0.4) is 0 Å². The second kappa shape index (κ2) is 9.68. The molecule has 2 heterocycles. The Labute approximate surface area is 202 Å². The number of amides is 2. The van der Waals surface area contributed by atoms with E-state index in [1.807, 2.05) is 6.92 Å². The fraction of sp³-hybridized carbons (Fsp3) is 0.160. The number of benzene rings is 2. The number of urea groups is 1. The first-order chi connectivity index (χ1) is 17.1. The minimum atomic E-state index is -4.58. The van der Waals surface area contributed by atoms with Gasteiger partial charge >= 0.3 is 12.2 Å². The van der Waals surface area contributed by atoms with E-state index in [9.17, 15) is 27.2 Å². The average molecular weight is 499 g/mol. The van der Waals surface area contributed by atoms with Gasteiger partial charge in [-0.1, -0.05) is 12.1 Å². The van der Waals surface area contributed by atoms with Gasteiger partial charge in [0.25, 0.3) is 5.56 Å². The van der Waals surface area contributed by atoms with Crippen molar-refractivity contribution < 1.29 is 22.4 Å². The van der Waals surface area contributed by atoms with Crippen LogP contribution in [0.4, 0.5) is 39.5 Å². The van der Waals surface area contributed by atoms with E-state index in [1.165, 1.54) is 18.2 Å². The van der Waals surface area contributed by atoms with E-state index in [2.05, 4.69) is 20.9 Å². The number of fused-ring (bicyclic) bond motifs is 1. The third-order valence-electron chi connectivity index (χ3n) is 5.52. The van der Waals surface area contributed by atoms with E-state index in [4.69, 9.17) is 0 Å². The molecule has 0 fully saturated rings. The fourth-order valence-electron chi connectivity index (χ4n) is 3.78. The first kappa shape index (κ1) is 24.7. The van der Waals surface area contributed by atoms with Crippen LogP contribution in [0, 0.1) is 5.82 Å². The maximum Gasteiger partial charge on any atom is 0.416 e. The quantitative estimate of drug-likeness (QED) is 0.297. The largest absolute Gasteiger partial charge is 0.416 e. The van der Waals surface area contributed by atoms with Gasteiger partial charge in [-0.3, -0.25) is 4.79 Å². The van der Waals surface area contributed by atoms with Crippen LogP contribution in [0.5, 0.6) is 0 Å². The normalized spacial score (nSPS) is 11.4. The lowest BCUT2D eigenvalue weighted by Crippen LogP contribution is -2.22. The van der Waals surface area contributed by atoms with Gasteiger partial charge in [0.1, 0.15) is 11.6 Å². The SMILES string of the molecule is CCn1c(=O)c(-c2ccc(F)c(NC(=O)Nc3cccc(C(F)(F)F)c3)c2)cc2cnc(NC)cc21. The Hall–Kier alpha value is -4.41. The van der Waals surface area contributed by atoms with Crippen LogP contribution in [-0.4, -0.2) is 22.6 Å². The number of nitrogens with one attached hydrogen (secondary N) is 3. The van der Waals surface area contributed by atoms with Crippen molar-refractivity contribution in [3.63, 3.8) is 0 Å². The van der Waals surface area contributed by atoms with Crippen molar-refractivity contribution in [3.05, 3.63) is 82.5 Å². The molecule has 0 radical (unpaired) electrons. The number of alkyl halides is 3. The number of carbonyl (C=O) groups excluding carboxylic acids is 1. The van der Waals surface area contributed by atoms with E-state index in [0.29, 0.717) is 28.8 Å². The van der Waals surface area contributed by atoms with E-state index >= 15 is 0 Å². The minimum Gasteiger partial charge on any atom is -0.373 e. The Balaban J connectivity index is 1.66. The van der Waals surface area contributed by atoms with Crippen molar-refractivity contribution in [2.75, 3.05) is 23.0 Å². The van der Waals surface area contributed by atoms with E-state index in [1.54, 1.807) is 29.9 Å². The summed E-state index contributed by atoms with van der Waals surface area (Å²) in [5, 5.41) is 8.16. The van der Waals surface area contributed by atoms with Crippen molar-refractivity contribution in [1.29, 1.82) is 0 Å². The molecule has 36 heavy (non-hydrogen) atoms. The van der Waals surface area contributed by atoms with Gasteiger partial charge in [-0.15, -0.1) is 0 Å². The zero-order valence-corrected chi connectivity index (χ0v) is 19.2. The van der Waals surface area contributed by atoms with E-state index in [-0.39, 0.29) is 22.5 Å². The Morgan fingerprint density at radius 3 is 2.53 bits per heavy atom. The van der Waals surface area contributed by atoms with Crippen LogP contribution in [0.2, 0.25) is 0 Å². The Bertz CT molecular complexity index is 1520. The number of aryl methyl sites for hydroxylation is 1. The summed E-state index contributed by atoms with van der Waals surface area (Å²) in [4.78, 5) is 29.9. The maximum absolute atomic E-state index is 14.5. The summed E-state index contributed by atoms with van der Waals surface area (Å²) in [6.45, 7) is 2.20. The third kappa shape index (κ3) is 4.99. The standard InChI is InChI=1S/C25H21F4N5O2/c1-3-34-21-12-22(30-2)31-13-15(21)9-18(23(34)35)14-7-8-19(26)20(10-14)33-24(36)32-17-6-4-5-16(11-17)25(27,28)29/h4-13H,3H2,1-2H3,(H,30,31)(H2,32,33,36). The monoisotopic (exact) mass is 499 g/mol. The highest BCUT2D eigenvalue weighted by molar-refractivity contribution is 6.00. The predicted molar refractivity (Wildman–Crippen MR) is 131 cm³/mol. The molecule has 0 saturated carbocycles. The summed E-state index contributed by atoms with van der Waals surface area (Å²) in [6, 6.07) is 10.3. The Kier molecular flexibility index (Phi) is 6.65. The smallest absolute Gasteiger partial charge is 0.373 e. The maximum atomic E-state index is 14.5. The molecule has 7 nitrogen and oxygen atoms in total. The second-order valence-corrected chi connectivity index (χ2v) is 7.84. The van der Waals surface area contributed by atoms with Gasteiger partial charge in [-0.25, -0.2) is 14.2 Å². The van der Waals surface area contributed by atoms with E-state index < -0.39 is 23.6 Å². The van der Waals surface area contributed by atoms with Gasteiger partial charge in [0, 0.05) is 42.5 Å². The van der Waals surface area contributed by atoms with Gasteiger partial charge in [-0.05, 0) is 48.9 Å². The molecule has 0 unspecified atom stereocenters. The summed E-state index contributed by atoms with van der Waals surface area (Å²) in [7, 11) is 1.72. The van der Waals surface area contributed by atoms with Crippen LogP contribution in [0.25, 0.3) is 22.0 Å². The molecule has 2 aromatic carbocycles. The van der Waals surface area contributed by atoms with Gasteiger partial charge in [0.2, 0.25) is 0 Å². The molecule has 0 spiro atoms. The number of rotatable bonds is 5. The molecular formula is C25H21F4N5O2. The molecule has 3 N–H and O–H groups in total. The summed E-state index contributed by atoms with van der Waals surface area (Å²) in [5.74, 6) is -0.188. The number of nitrogens with zero attached hydrogens (tertiary/aromatic N) is 2. The average Bonchev–Trinajstić information content (AvgIpc) is 2.84. The molecule has 0 aliphatic heterocycles. The lowest BCUT2D eigenvalue weighted by atomic mass is 10.0. The van der Waals surface area contributed by atoms with Crippen LogP contribution >= 0.6 is 0 Å². The number of hydrogen-bond acceptors (Lipinski definition) is 4. The first-order valence-electron chi connectivity index (χ1n) is 10.9. The predicted octanol–water partition coefficient (Wildman–Crippen LogP) is 5.93. The highest BCUT2D eigenvalue weighted by atomic mass is 19.4. The molecule has 186 valence electrons. The zero-order chi connectivity index (χ0) is 26.0. The van der Waals surface area contributed by atoms with Crippen molar-refractivity contribution in [1.82, 2.24) is 9.55 Å². The summed E-state index contributed by atoms with van der Waals surface area (Å²) in [5.41, 5.74) is -0.331. The molecule has 2 aromatic heterocycles. The van der Waals surface area contributed by atoms with Crippen molar-refractivity contribution in [3.8, 4) is 11.1 Å². The summed E-state index contributed by atoms with van der Waals surface area (Å²) < 4.78 is 54.8. The fourth-order valence-corrected chi connectivity index (χ4v) is 3.78. The van der Waals surface area contributed by atoms with Gasteiger partial charge in [0.05, 0.1) is 16.8 Å². The molecule has 0 atom stereocenters. The summed E-state index contributed by atoms with van der Waals surface area (Å²) in [6.07, 6.45) is -2.97. The number of carbonyl (C=O) groups is 1. The van der Waals surface area contributed by atoms with Crippen molar-refractivity contribution >= 4 is 34.1 Å². The first-order valence-corrected chi connectivity index (χ1v) is 10.9. The zero-order valence-electron chi connectivity index (χ0n) is 19.2. The molecule has 0 aliphatic carbocycles. The highest BCUT2D eigenvalue weighted by Gasteiger charge is 2.30. The Morgan fingerprint density at radius 1 is 1.06 bits per heavy atom. The Morgan fingerprint density at radius 2 is 1.83 bits per heavy atom. The van der Waals surface area contributed by atoms with Crippen molar-refractivity contribution in [2.45, 2.75) is 19.6 Å². The summed E-state index contributed by atoms with van der Waals surface area (Å²) >= 11 is 0. The molecule has 11 heteroatoms. The van der Waals surface area contributed by atoms with Gasteiger partial charge < -0.3 is 20.5 Å². The number of anilines is 3. The van der Waals surface area contributed by atoms with Gasteiger partial charge in [-0.2, -0.15) is 13.2 Å². The number of hydrogen-bond donors (Lipinski definition) is 3. The topological polar surface area (TPSA) is 88.1 Å². The van der Waals surface area contributed by atoms with Gasteiger partial charge in [0.15, 0.2) is 0 Å². The van der Waals surface area contributed by atoms with Crippen LogP contribution in [0.15, 0.2) is 65.6 Å². The van der Waals surface area contributed by atoms with Crippen LogP contribution in [0.1, 0.15) is 12.5 Å². The molecule has 0 bridgehead atoms. The minimum absolute atomic E-state index is 0.118. The lowest BCUT2D eigenvalue weighted by molar-refractivity contribution is -0.137. The number of halogens is 4. The molecule has 4 aromatic rings. The highest BCUT2D eigenvalue weighted by Crippen LogP contribution is 2.31. The molecular weight excluding hydrogens is 478 g/mol. The number of aromatic nitrogens is 2. The second-order valence-electron chi connectivity index (χ2n) is 7.84. The molecule has 4 rings (SSSR count). The number of pyridine rings is 2. The van der Waals surface area contributed by atoms with E-state index in [0.717, 1.165) is 24.3 Å². The molecule has 0 aliphatic rings. The van der Waals surface area contributed by atoms with Crippen LogP contribution in [-0.2, 0) is 12.7 Å². The third-order valence-corrected chi connectivity index (χ3v) is 5.52.